The minimum atomic E-state index is -0.502. The monoisotopic (exact) mass is 512 g/mol. The number of halogens is 2. The van der Waals surface area contributed by atoms with Crippen LogP contribution in [0.15, 0.2) is 76.9 Å². The number of hydrogen-bond acceptors (Lipinski definition) is 4. The van der Waals surface area contributed by atoms with Crippen molar-refractivity contribution in [3.05, 3.63) is 93.0 Å². The molecule has 3 amide bonds. The Morgan fingerprint density at radius 3 is 2.50 bits per heavy atom. The molecule has 1 heterocycles. The Bertz CT molecular complexity index is 1210. The number of carbonyl (C=O) groups excluding carboxylic acids is 2. The Labute approximate surface area is 198 Å². The summed E-state index contributed by atoms with van der Waals surface area (Å²) in [4.78, 5) is 26.3. The Hall–Kier alpha value is -3.29. The summed E-state index contributed by atoms with van der Waals surface area (Å²) < 4.78 is 12.1. The molecule has 3 aromatic rings. The van der Waals surface area contributed by atoms with Gasteiger partial charge in [-0.05, 0) is 57.9 Å². The predicted octanol–water partition coefficient (Wildman–Crippen LogP) is 5.79. The molecule has 6 nitrogen and oxygen atoms in total. The summed E-state index contributed by atoms with van der Waals surface area (Å²) in [5, 5.41) is 3.23. The molecule has 4 rings (SSSR count). The van der Waals surface area contributed by atoms with E-state index in [2.05, 4.69) is 21.2 Å². The first-order valence-corrected chi connectivity index (χ1v) is 10.8. The lowest BCUT2D eigenvalue weighted by molar-refractivity contribution is -0.113. The van der Waals surface area contributed by atoms with Gasteiger partial charge in [0.1, 0.15) is 12.3 Å². The van der Waals surface area contributed by atoms with Crippen LogP contribution < -0.4 is 19.7 Å². The molecule has 1 aliphatic rings. The number of ether oxygens (including phenoxy) is 2. The van der Waals surface area contributed by atoms with Crippen LogP contribution in [0.3, 0.4) is 0 Å². The molecule has 0 aliphatic carbocycles. The SMILES string of the molecule is COc1cc(/C=C2\NC(=O)N(c3ccccc3)C2=O)cc(Br)c1OCc1ccccc1Cl. The number of benzene rings is 3. The topological polar surface area (TPSA) is 67.9 Å². The molecule has 162 valence electrons. The number of rotatable bonds is 6. The molecule has 0 bridgehead atoms. The van der Waals surface area contributed by atoms with Gasteiger partial charge in [0, 0.05) is 10.6 Å². The highest BCUT2D eigenvalue weighted by molar-refractivity contribution is 9.10. The van der Waals surface area contributed by atoms with Crippen molar-refractivity contribution in [2.45, 2.75) is 6.61 Å². The van der Waals surface area contributed by atoms with Crippen LogP contribution in [0, 0.1) is 0 Å². The average molecular weight is 514 g/mol. The molecule has 1 aliphatic heterocycles. The number of imide groups is 1. The molecular formula is C24H18BrClN2O4. The lowest BCUT2D eigenvalue weighted by atomic mass is 10.1. The van der Waals surface area contributed by atoms with E-state index >= 15 is 0 Å². The summed E-state index contributed by atoms with van der Waals surface area (Å²) in [6.07, 6.45) is 1.59. The number of carbonyl (C=O) groups is 2. The van der Waals surface area contributed by atoms with Crippen LogP contribution in [0.25, 0.3) is 6.08 Å². The molecule has 0 radical (unpaired) electrons. The van der Waals surface area contributed by atoms with Gasteiger partial charge in [-0.25, -0.2) is 9.69 Å². The second-order valence-corrected chi connectivity index (χ2v) is 8.14. The molecule has 1 fully saturated rings. The lowest BCUT2D eigenvalue weighted by Gasteiger charge is -2.14. The summed E-state index contributed by atoms with van der Waals surface area (Å²) in [6.45, 7) is 0.260. The smallest absolute Gasteiger partial charge is 0.333 e. The van der Waals surface area contributed by atoms with Crippen LogP contribution in [0.5, 0.6) is 11.5 Å². The van der Waals surface area contributed by atoms with Crippen molar-refractivity contribution in [1.29, 1.82) is 0 Å². The zero-order valence-corrected chi connectivity index (χ0v) is 19.3. The Balaban J connectivity index is 1.59. The van der Waals surface area contributed by atoms with Crippen molar-refractivity contribution in [2.75, 3.05) is 12.0 Å². The van der Waals surface area contributed by atoms with E-state index in [1.165, 1.54) is 7.11 Å². The molecule has 32 heavy (non-hydrogen) atoms. The van der Waals surface area contributed by atoms with Gasteiger partial charge < -0.3 is 14.8 Å². The van der Waals surface area contributed by atoms with Gasteiger partial charge in [0.05, 0.1) is 17.3 Å². The summed E-state index contributed by atoms with van der Waals surface area (Å²) in [5.41, 5.74) is 2.16. The fraction of sp³-hybridized carbons (Fsp3) is 0.0833. The summed E-state index contributed by atoms with van der Waals surface area (Å²) in [7, 11) is 1.53. The summed E-state index contributed by atoms with van der Waals surface area (Å²) >= 11 is 9.71. The normalized spacial score (nSPS) is 14.6. The maximum Gasteiger partial charge on any atom is 0.333 e. The Morgan fingerprint density at radius 2 is 1.78 bits per heavy atom. The van der Waals surface area contributed by atoms with E-state index in [1.54, 1.807) is 48.5 Å². The maximum atomic E-state index is 12.8. The van der Waals surface area contributed by atoms with E-state index in [0.717, 1.165) is 10.5 Å². The van der Waals surface area contributed by atoms with Crippen molar-refractivity contribution in [1.82, 2.24) is 5.32 Å². The van der Waals surface area contributed by atoms with E-state index in [9.17, 15) is 9.59 Å². The predicted molar refractivity (Wildman–Crippen MR) is 127 cm³/mol. The van der Waals surface area contributed by atoms with Crippen LogP contribution in [0.1, 0.15) is 11.1 Å². The fourth-order valence-electron chi connectivity index (χ4n) is 3.24. The van der Waals surface area contributed by atoms with Gasteiger partial charge in [0.15, 0.2) is 11.5 Å². The van der Waals surface area contributed by atoms with Gasteiger partial charge in [-0.2, -0.15) is 0 Å². The molecule has 1 saturated heterocycles. The van der Waals surface area contributed by atoms with Crippen molar-refractivity contribution >= 4 is 51.2 Å². The average Bonchev–Trinajstić information content (AvgIpc) is 3.07. The molecule has 0 unspecified atom stereocenters. The van der Waals surface area contributed by atoms with Gasteiger partial charge in [-0.1, -0.05) is 48.0 Å². The van der Waals surface area contributed by atoms with Crippen LogP contribution in [-0.4, -0.2) is 19.0 Å². The molecule has 0 saturated carbocycles. The highest BCUT2D eigenvalue weighted by Gasteiger charge is 2.34. The van der Waals surface area contributed by atoms with Crippen molar-refractivity contribution in [2.24, 2.45) is 0 Å². The second kappa shape index (κ2) is 9.46. The molecular weight excluding hydrogens is 496 g/mol. The van der Waals surface area contributed by atoms with Crippen LogP contribution in [0.4, 0.5) is 10.5 Å². The van der Waals surface area contributed by atoms with E-state index < -0.39 is 11.9 Å². The maximum absolute atomic E-state index is 12.8. The quantitative estimate of drug-likeness (QED) is 0.335. The van der Waals surface area contributed by atoms with Gasteiger partial charge in [0.25, 0.3) is 5.91 Å². The van der Waals surface area contributed by atoms with E-state index in [0.29, 0.717) is 32.2 Å². The van der Waals surface area contributed by atoms with Crippen LogP contribution in [-0.2, 0) is 11.4 Å². The van der Waals surface area contributed by atoms with Crippen LogP contribution in [0.2, 0.25) is 5.02 Å². The lowest BCUT2D eigenvalue weighted by Crippen LogP contribution is -2.30. The summed E-state index contributed by atoms with van der Waals surface area (Å²) in [5.74, 6) is 0.535. The van der Waals surface area contributed by atoms with E-state index in [-0.39, 0.29) is 12.3 Å². The number of hydrogen-bond donors (Lipinski definition) is 1. The molecule has 0 atom stereocenters. The highest BCUT2D eigenvalue weighted by atomic mass is 79.9. The number of anilines is 1. The van der Waals surface area contributed by atoms with Crippen molar-refractivity contribution < 1.29 is 19.1 Å². The minimum absolute atomic E-state index is 0.164. The number of nitrogens with one attached hydrogen (secondary N) is 1. The standard InChI is InChI=1S/C24H18BrClN2O4/c1-31-21-13-15(11-18(25)22(21)32-14-16-7-5-6-10-19(16)26)12-20-23(29)28(24(30)27-20)17-8-3-2-4-9-17/h2-13H,14H2,1H3,(H,27,30)/b20-12-. The zero-order chi connectivity index (χ0) is 22.7. The first kappa shape index (κ1) is 21.9. The van der Waals surface area contributed by atoms with E-state index in [4.69, 9.17) is 21.1 Å². The van der Waals surface area contributed by atoms with Crippen LogP contribution >= 0.6 is 27.5 Å². The number of methoxy groups -OCH3 is 1. The number of nitrogens with zero attached hydrogens (tertiary/aromatic N) is 1. The fourth-order valence-corrected chi connectivity index (χ4v) is 4.01. The van der Waals surface area contributed by atoms with Gasteiger partial charge in [-0.3, -0.25) is 4.79 Å². The van der Waals surface area contributed by atoms with E-state index in [1.807, 2.05) is 24.3 Å². The first-order valence-electron chi connectivity index (χ1n) is 9.64. The first-order chi connectivity index (χ1) is 15.5. The highest BCUT2D eigenvalue weighted by Crippen LogP contribution is 2.38. The van der Waals surface area contributed by atoms with Gasteiger partial charge in [-0.15, -0.1) is 0 Å². The Kier molecular flexibility index (Phi) is 6.48. The second-order valence-electron chi connectivity index (χ2n) is 6.88. The molecule has 1 N–H and O–H groups in total. The van der Waals surface area contributed by atoms with Gasteiger partial charge >= 0.3 is 6.03 Å². The molecule has 0 spiro atoms. The third-order valence-corrected chi connectivity index (χ3v) is 5.74. The number of amides is 3. The largest absolute Gasteiger partial charge is 0.493 e. The summed E-state index contributed by atoms with van der Waals surface area (Å²) in [6, 6.07) is 19.2. The van der Waals surface area contributed by atoms with Gasteiger partial charge in [0.2, 0.25) is 0 Å². The minimum Gasteiger partial charge on any atom is -0.493 e. The number of urea groups is 1. The molecule has 8 heteroatoms. The third-order valence-electron chi connectivity index (χ3n) is 4.79. The van der Waals surface area contributed by atoms with Crippen molar-refractivity contribution in [3.8, 4) is 11.5 Å². The van der Waals surface area contributed by atoms with Crippen molar-refractivity contribution in [3.63, 3.8) is 0 Å². The Morgan fingerprint density at radius 1 is 1.06 bits per heavy atom. The zero-order valence-electron chi connectivity index (χ0n) is 17.0. The molecule has 0 aromatic heterocycles. The molecule has 3 aromatic carbocycles. The number of para-hydroxylation sites is 1. The third kappa shape index (κ3) is 4.49.